The molecule has 1 heterocycles. The molecule has 0 saturated carbocycles. The topological polar surface area (TPSA) is 34.5 Å². The lowest BCUT2D eigenvalue weighted by Crippen LogP contribution is -2.23. The van der Waals surface area contributed by atoms with Crippen LogP contribution < -0.4 is 10.2 Å². The van der Waals surface area contributed by atoms with Crippen LogP contribution in [0.2, 0.25) is 0 Å². The van der Waals surface area contributed by atoms with Crippen molar-refractivity contribution in [3.05, 3.63) is 75.0 Å². The zero-order valence-electron chi connectivity index (χ0n) is 14.3. The lowest BCUT2D eigenvalue weighted by Gasteiger charge is -2.21. The molecule has 0 aliphatic carbocycles. The van der Waals surface area contributed by atoms with E-state index in [1.54, 1.807) is 24.4 Å². The van der Waals surface area contributed by atoms with Gasteiger partial charge in [-0.15, -0.1) is 13.2 Å². The Morgan fingerprint density at radius 1 is 1.11 bits per heavy atom. The van der Waals surface area contributed by atoms with Crippen LogP contribution in [0.15, 0.2) is 64.0 Å². The van der Waals surface area contributed by atoms with Crippen LogP contribution in [0.4, 0.5) is 13.2 Å². The molecule has 0 spiro atoms. The summed E-state index contributed by atoms with van der Waals surface area (Å²) in [5, 5.41) is 0.619. The Morgan fingerprint density at radius 3 is 2.48 bits per heavy atom. The fourth-order valence-electron chi connectivity index (χ4n) is 2.86. The number of aromatic nitrogens is 1. The molecule has 0 aliphatic heterocycles. The molecule has 0 unspecified atom stereocenters. The number of alkyl halides is 3. The van der Waals surface area contributed by atoms with Crippen molar-refractivity contribution in [2.75, 3.05) is 7.05 Å². The number of rotatable bonds is 5. The Balaban J connectivity index is 1.75. The van der Waals surface area contributed by atoms with Crippen molar-refractivity contribution in [2.24, 2.45) is 0 Å². The summed E-state index contributed by atoms with van der Waals surface area (Å²) in [7, 11) is 1.89. The molecule has 1 aromatic heterocycles. The average molecular weight is 441 g/mol. The first-order valence-electron chi connectivity index (χ1n) is 8.04. The quantitative estimate of drug-likeness (QED) is 0.573. The van der Waals surface area contributed by atoms with E-state index in [0.29, 0.717) is 18.6 Å². The fraction of sp³-hybridized carbons (Fsp3) is 0.211. The van der Waals surface area contributed by atoms with Crippen molar-refractivity contribution < 1.29 is 17.9 Å². The molecule has 142 valence electrons. The molecule has 27 heavy (non-hydrogen) atoms. The van der Waals surface area contributed by atoms with Crippen LogP contribution in [0.25, 0.3) is 10.9 Å². The Bertz CT molecular complexity index is 1000. The van der Waals surface area contributed by atoms with Crippen LogP contribution in [0, 0.1) is 0 Å². The first kappa shape index (κ1) is 19.4. The molecule has 0 atom stereocenters. The summed E-state index contributed by atoms with van der Waals surface area (Å²) in [6.07, 6.45) is -2.97. The number of fused-ring (bicyclic) bond motifs is 1. The van der Waals surface area contributed by atoms with Crippen molar-refractivity contribution in [2.45, 2.75) is 19.6 Å². The molecule has 0 fully saturated rings. The zero-order valence-corrected chi connectivity index (χ0v) is 15.9. The molecule has 2 aromatic carbocycles. The van der Waals surface area contributed by atoms with Gasteiger partial charge in [-0.1, -0.05) is 18.2 Å². The van der Waals surface area contributed by atoms with Crippen molar-refractivity contribution >= 4 is 26.8 Å². The third-order valence-electron chi connectivity index (χ3n) is 3.95. The SMILES string of the molecule is CN(Cc1ccc(OC(F)(F)F)cc1)Cn1ccc(=O)c2cccc(Br)c21. The summed E-state index contributed by atoms with van der Waals surface area (Å²) in [5.41, 5.74) is 1.59. The standard InChI is InChI=1S/C19H16BrF3N2O2/c1-24(11-13-5-7-14(8-6-13)27-19(21,22)23)12-25-10-9-17(26)15-3-2-4-16(20)18(15)25/h2-10H,11-12H2,1H3. The van der Waals surface area contributed by atoms with E-state index in [1.165, 1.54) is 18.2 Å². The average Bonchev–Trinajstić information content (AvgIpc) is 2.58. The molecule has 0 N–H and O–H groups in total. The van der Waals surface area contributed by atoms with Gasteiger partial charge in [-0.25, -0.2) is 0 Å². The summed E-state index contributed by atoms with van der Waals surface area (Å²) in [6, 6.07) is 12.8. The first-order chi connectivity index (χ1) is 12.7. The van der Waals surface area contributed by atoms with Gasteiger partial charge in [0.05, 0.1) is 12.2 Å². The molecule has 0 aliphatic rings. The summed E-state index contributed by atoms with van der Waals surface area (Å²) in [5.74, 6) is -0.246. The van der Waals surface area contributed by atoms with Gasteiger partial charge in [-0.05, 0) is 52.8 Å². The smallest absolute Gasteiger partial charge is 0.406 e. The molecular formula is C19H16BrF3N2O2. The van der Waals surface area contributed by atoms with Gasteiger partial charge in [-0.3, -0.25) is 9.69 Å². The number of para-hydroxylation sites is 1. The maximum absolute atomic E-state index is 12.2. The van der Waals surface area contributed by atoms with Crippen LogP contribution in [0.1, 0.15) is 5.56 Å². The highest BCUT2D eigenvalue weighted by Gasteiger charge is 2.30. The number of hydrogen-bond donors (Lipinski definition) is 0. The molecule has 0 saturated heterocycles. The number of ether oxygens (including phenoxy) is 1. The molecule has 0 radical (unpaired) electrons. The highest BCUT2D eigenvalue weighted by molar-refractivity contribution is 9.10. The summed E-state index contributed by atoms with van der Waals surface area (Å²) >= 11 is 3.49. The van der Waals surface area contributed by atoms with Gasteiger partial charge in [-0.2, -0.15) is 0 Å². The Hall–Kier alpha value is -2.32. The Kier molecular flexibility index (Phi) is 5.57. The van der Waals surface area contributed by atoms with Gasteiger partial charge in [0.1, 0.15) is 5.75 Å². The molecule has 8 heteroatoms. The summed E-state index contributed by atoms with van der Waals surface area (Å²) < 4.78 is 43.3. The van der Waals surface area contributed by atoms with E-state index in [0.717, 1.165) is 15.6 Å². The Morgan fingerprint density at radius 2 is 1.81 bits per heavy atom. The van der Waals surface area contributed by atoms with E-state index in [9.17, 15) is 18.0 Å². The van der Waals surface area contributed by atoms with Gasteiger partial charge in [0.15, 0.2) is 5.43 Å². The summed E-state index contributed by atoms with van der Waals surface area (Å²) in [6.45, 7) is 1.02. The van der Waals surface area contributed by atoms with Crippen molar-refractivity contribution in [1.29, 1.82) is 0 Å². The first-order valence-corrected chi connectivity index (χ1v) is 8.83. The van der Waals surface area contributed by atoms with E-state index in [4.69, 9.17) is 0 Å². The van der Waals surface area contributed by atoms with E-state index < -0.39 is 6.36 Å². The van der Waals surface area contributed by atoms with Gasteiger partial charge in [0.2, 0.25) is 0 Å². The minimum absolute atomic E-state index is 0.0505. The van der Waals surface area contributed by atoms with Gasteiger partial charge in [0, 0.05) is 28.7 Å². The molecule has 0 amide bonds. The van der Waals surface area contributed by atoms with Crippen LogP contribution in [-0.4, -0.2) is 22.9 Å². The predicted molar refractivity (Wildman–Crippen MR) is 101 cm³/mol. The largest absolute Gasteiger partial charge is 0.573 e. The van der Waals surface area contributed by atoms with Crippen molar-refractivity contribution in [1.82, 2.24) is 9.47 Å². The normalized spacial score (nSPS) is 11.9. The number of hydrogen-bond acceptors (Lipinski definition) is 3. The molecule has 4 nitrogen and oxygen atoms in total. The van der Waals surface area contributed by atoms with Gasteiger partial charge in [0.25, 0.3) is 0 Å². The molecular weight excluding hydrogens is 425 g/mol. The van der Waals surface area contributed by atoms with Gasteiger partial charge >= 0.3 is 6.36 Å². The Labute approximate surface area is 161 Å². The highest BCUT2D eigenvalue weighted by atomic mass is 79.9. The van der Waals surface area contributed by atoms with Crippen LogP contribution in [0.3, 0.4) is 0 Å². The lowest BCUT2D eigenvalue weighted by molar-refractivity contribution is -0.274. The zero-order chi connectivity index (χ0) is 19.6. The monoisotopic (exact) mass is 440 g/mol. The second kappa shape index (κ2) is 7.74. The maximum atomic E-state index is 12.2. The lowest BCUT2D eigenvalue weighted by atomic mass is 10.2. The third-order valence-corrected chi connectivity index (χ3v) is 4.59. The molecule has 3 aromatic rings. The second-order valence-electron chi connectivity index (χ2n) is 6.13. The van der Waals surface area contributed by atoms with Crippen molar-refractivity contribution in [3.8, 4) is 5.75 Å². The van der Waals surface area contributed by atoms with E-state index in [-0.39, 0.29) is 11.2 Å². The van der Waals surface area contributed by atoms with Crippen LogP contribution in [-0.2, 0) is 13.2 Å². The van der Waals surface area contributed by atoms with Crippen molar-refractivity contribution in [3.63, 3.8) is 0 Å². The number of pyridine rings is 1. The minimum Gasteiger partial charge on any atom is -0.406 e. The van der Waals surface area contributed by atoms with E-state index in [1.807, 2.05) is 28.6 Å². The van der Waals surface area contributed by atoms with E-state index in [2.05, 4.69) is 20.7 Å². The van der Waals surface area contributed by atoms with Gasteiger partial charge < -0.3 is 9.30 Å². The number of benzene rings is 2. The fourth-order valence-corrected chi connectivity index (χ4v) is 3.46. The highest BCUT2D eigenvalue weighted by Crippen LogP contribution is 2.24. The van der Waals surface area contributed by atoms with E-state index >= 15 is 0 Å². The van der Waals surface area contributed by atoms with Crippen LogP contribution >= 0.6 is 15.9 Å². The third kappa shape index (κ3) is 4.90. The maximum Gasteiger partial charge on any atom is 0.573 e. The molecule has 0 bridgehead atoms. The number of halogens is 4. The minimum atomic E-state index is -4.70. The number of nitrogens with zero attached hydrogens (tertiary/aromatic N) is 2. The predicted octanol–water partition coefficient (Wildman–Crippen LogP) is 4.75. The molecule has 3 rings (SSSR count). The summed E-state index contributed by atoms with van der Waals surface area (Å²) in [4.78, 5) is 14.0. The van der Waals surface area contributed by atoms with Crippen LogP contribution in [0.5, 0.6) is 5.75 Å². The second-order valence-corrected chi connectivity index (χ2v) is 6.99.